The summed E-state index contributed by atoms with van der Waals surface area (Å²) in [5.74, 6) is 0.432. The molecule has 4 bridgehead atoms. The van der Waals surface area contributed by atoms with Crippen LogP contribution < -0.4 is 16.4 Å². The second-order valence-corrected chi connectivity index (χ2v) is 6.29. The predicted molar refractivity (Wildman–Crippen MR) is 93.9 cm³/mol. The molecule has 5 N–H and O–H groups in total. The summed E-state index contributed by atoms with van der Waals surface area (Å²) < 4.78 is 7.20. The van der Waals surface area contributed by atoms with Crippen molar-refractivity contribution in [2.45, 2.75) is 25.6 Å². The van der Waals surface area contributed by atoms with Crippen LogP contribution in [0.5, 0.6) is 6.01 Å². The molecular weight excluding hydrogens is 336 g/mol. The van der Waals surface area contributed by atoms with E-state index in [0.717, 1.165) is 11.1 Å². The van der Waals surface area contributed by atoms with Crippen LogP contribution >= 0.6 is 0 Å². The molecule has 1 unspecified atom stereocenters. The Hall–Kier alpha value is -3.07. The Balaban J connectivity index is 1.75. The largest absolute Gasteiger partial charge is 0.480 e. The Bertz CT molecular complexity index is 875. The van der Waals surface area contributed by atoms with E-state index in [9.17, 15) is 9.90 Å². The van der Waals surface area contributed by atoms with Crippen molar-refractivity contribution >= 4 is 17.7 Å². The molecule has 0 saturated carbocycles. The van der Waals surface area contributed by atoms with Crippen molar-refractivity contribution in [3.8, 4) is 6.01 Å². The lowest BCUT2D eigenvalue weighted by Gasteiger charge is -2.21. The van der Waals surface area contributed by atoms with E-state index >= 15 is 0 Å². The summed E-state index contributed by atoms with van der Waals surface area (Å²) in [6.45, 7) is 1.25. The zero-order chi connectivity index (χ0) is 18.1. The van der Waals surface area contributed by atoms with Crippen LogP contribution in [0.25, 0.3) is 0 Å². The SMILES string of the molecule is NC1NC2=Nc3c1nc(O)n3Cc1cccc(c1)CC(=O)NCCCO2. The number of nitrogens with zero attached hydrogens (tertiary/aromatic N) is 3. The van der Waals surface area contributed by atoms with E-state index in [2.05, 4.69) is 20.6 Å². The highest BCUT2D eigenvalue weighted by Crippen LogP contribution is 2.32. The fourth-order valence-corrected chi connectivity index (χ4v) is 3.06. The van der Waals surface area contributed by atoms with E-state index in [-0.39, 0.29) is 17.9 Å². The van der Waals surface area contributed by atoms with Crippen molar-refractivity contribution in [3.63, 3.8) is 0 Å². The molecule has 2 aromatic rings. The molecule has 3 heterocycles. The van der Waals surface area contributed by atoms with Crippen LogP contribution in [0, 0.1) is 0 Å². The lowest BCUT2D eigenvalue weighted by molar-refractivity contribution is -0.120. The molecule has 1 aromatic carbocycles. The minimum absolute atomic E-state index is 0.0381. The number of carbonyl (C=O) groups excluding carboxylic acids is 1. The third-order valence-electron chi connectivity index (χ3n) is 4.31. The molecule has 4 rings (SSSR count). The number of nitrogens with two attached hydrogens (primary N) is 1. The Morgan fingerprint density at radius 3 is 3.08 bits per heavy atom. The summed E-state index contributed by atoms with van der Waals surface area (Å²) >= 11 is 0. The van der Waals surface area contributed by atoms with Gasteiger partial charge in [0.25, 0.3) is 12.0 Å². The second kappa shape index (κ2) is 6.68. The Labute approximate surface area is 149 Å². The molecule has 2 aliphatic rings. The van der Waals surface area contributed by atoms with Crippen molar-refractivity contribution in [2.24, 2.45) is 10.7 Å². The van der Waals surface area contributed by atoms with Crippen LogP contribution in [0.3, 0.4) is 0 Å². The van der Waals surface area contributed by atoms with Gasteiger partial charge in [-0.05, 0) is 17.5 Å². The van der Waals surface area contributed by atoms with Crippen molar-refractivity contribution in [1.82, 2.24) is 20.2 Å². The van der Waals surface area contributed by atoms with Crippen LogP contribution in [0.1, 0.15) is 29.4 Å². The molecule has 9 nitrogen and oxygen atoms in total. The Morgan fingerprint density at radius 1 is 1.35 bits per heavy atom. The first-order valence-corrected chi connectivity index (χ1v) is 8.47. The topological polar surface area (TPSA) is 127 Å². The molecule has 2 aliphatic heterocycles. The monoisotopic (exact) mass is 356 g/mol. The molecular formula is C17H20N6O3. The van der Waals surface area contributed by atoms with Crippen molar-refractivity contribution < 1.29 is 14.6 Å². The van der Waals surface area contributed by atoms with Crippen LogP contribution in [-0.4, -0.2) is 39.7 Å². The predicted octanol–water partition coefficient (Wildman–Crippen LogP) is 0.264. The molecule has 0 saturated heterocycles. The van der Waals surface area contributed by atoms with Gasteiger partial charge < -0.3 is 26.2 Å². The standard InChI is InChI=1S/C17H20N6O3/c18-14-13-15-22-16(21-14)26-6-2-5-19-12(24)8-10-3-1-4-11(7-10)9-23(15)17(25)20-13/h1,3-4,7,14H,2,5-6,8-9,18H2,(H,19,24)(H,20,25)(H,21,22). The third-order valence-corrected chi connectivity index (χ3v) is 4.31. The van der Waals surface area contributed by atoms with E-state index in [0.29, 0.717) is 44.0 Å². The molecule has 0 spiro atoms. The normalized spacial score (nSPS) is 20.0. The smallest absolute Gasteiger partial charge is 0.296 e. The van der Waals surface area contributed by atoms with E-state index in [1.165, 1.54) is 0 Å². The van der Waals surface area contributed by atoms with Gasteiger partial charge in [-0.3, -0.25) is 9.36 Å². The van der Waals surface area contributed by atoms with Crippen LogP contribution in [0.15, 0.2) is 29.3 Å². The number of nitrogens with one attached hydrogen (secondary N) is 2. The third kappa shape index (κ3) is 3.21. The number of fused-ring (bicyclic) bond motifs is 2. The first-order valence-electron chi connectivity index (χ1n) is 8.47. The van der Waals surface area contributed by atoms with Gasteiger partial charge in [-0.25, -0.2) is 0 Å². The molecule has 0 radical (unpaired) electrons. The number of rotatable bonds is 0. The maximum atomic E-state index is 12.0. The van der Waals surface area contributed by atoms with Gasteiger partial charge in [0.1, 0.15) is 11.9 Å². The molecule has 0 fully saturated rings. The maximum Gasteiger partial charge on any atom is 0.296 e. The average Bonchev–Trinajstić information content (AvgIpc) is 2.91. The first kappa shape index (κ1) is 16.4. The number of aliphatic imine (C=N–C) groups is 1. The second-order valence-electron chi connectivity index (χ2n) is 6.29. The number of ether oxygens (including phenoxy) is 1. The summed E-state index contributed by atoms with van der Waals surface area (Å²) in [7, 11) is 0. The van der Waals surface area contributed by atoms with Gasteiger partial charge in [0.05, 0.1) is 19.6 Å². The average molecular weight is 356 g/mol. The zero-order valence-electron chi connectivity index (χ0n) is 14.1. The molecule has 0 aliphatic carbocycles. The number of imidazole rings is 1. The van der Waals surface area contributed by atoms with Crippen molar-refractivity contribution in [1.29, 1.82) is 0 Å². The number of hydrogen-bond acceptors (Lipinski definition) is 7. The number of amidine groups is 1. The minimum atomic E-state index is -0.619. The molecule has 1 amide bonds. The van der Waals surface area contributed by atoms with E-state index in [1.807, 2.05) is 24.3 Å². The van der Waals surface area contributed by atoms with Crippen molar-refractivity contribution in [2.75, 3.05) is 13.2 Å². The van der Waals surface area contributed by atoms with Crippen LogP contribution in [0.4, 0.5) is 5.82 Å². The van der Waals surface area contributed by atoms with Crippen LogP contribution in [0.2, 0.25) is 0 Å². The lowest BCUT2D eigenvalue weighted by Crippen LogP contribution is -2.38. The van der Waals surface area contributed by atoms with E-state index < -0.39 is 6.17 Å². The quantitative estimate of drug-likeness (QED) is 0.536. The number of aromatic nitrogens is 2. The number of carbonyl (C=O) groups is 1. The van der Waals surface area contributed by atoms with E-state index in [4.69, 9.17) is 10.5 Å². The fraction of sp³-hybridized carbons (Fsp3) is 0.353. The Kier molecular flexibility index (Phi) is 4.21. The van der Waals surface area contributed by atoms with Gasteiger partial charge in [0.2, 0.25) is 5.91 Å². The molecule has 1 aromatic heterocycles. The first-order chi connectivity index (χ1) is 12.6. The number of hydrogen-bond donors (Lipinski definition) is 4. The van der Waals surface area contributed by atoms with Gasteiger partial charge in [0.15, 0.2) is 5.82 Å². The molecule has 1 atom stereocenters. The Morgan fingerprint density at radius 2 is 2.19 bits per heavy atom. The lowest BCUT2D eigenvalue weighted by atomic mass is 10.1. The fourth-order valence-electron chi connectivity index (χ4n) is 3.06. The van der Waals surface area contributed by atoms with Gasteiger partial charge in [-0.2, -0.15) is 9.98 Å². The molecule has 26 heavy (non-hydrogen) atoms. The summed E-state index contributed by atoms with van der Waals surface area (Å²) in [5.41, 5.74) is 8.37. The van der Waals surface area contributed by atoms with Crippen molar-refractivity contribution in [3.05, 3.63) is 41.1 Å². The maximum absolute atomic E-state index is 12.0. The zero-order valence-corrected chi connectivity index (χ0v) is 14.1. The van der Waals surface area contributed by atoms with Gasteiger partial charge in [-0.15, -0.1) is 0 Å². The van der Waals surface area contributed by atoms with E-state index in [1.54, 1.807) is 4.57 Å². The molecule has 136 valence electrons. The number of amides is 1. The van der Waals surface area contributed by atoms with Gasteiger partial charge in [-0.1, -0.05) is 24.3 Å². The summed E-state index contributed by atoms with van der Waals surface area (Å²) in [4.78, 5) is 20.6. The number of aromatic hydroxyl groups is 1. The highest BCUT2D eigenvalue weighted by molar-refractivity contribution is 5.80. The van der Waals surface area contributed by atoms with Crippen LogP contribution in [-0.2, 0) is 22.5 Å². The highest BCUT2D eigenvalue weighted by atomic mass is 16.5. The summed E-state index contributed by atoms with van der Waals surface area (Å²) in [6.07, 6.45) is 0.321. The highest BCUT2D eigenvalue weighted by Gasteiger charge is 2.27. The summed E-state index contributed by atoms with van der Waals surface area (Å²) in [6, 6.07) is 7.78. The number of benzene rings is 1. The molecule has 9 heteroatoms. The summed E-state index contributed by atoms with van der Waals surface area (Å²) in [5, 5.41) is 16.1. The van der Waals surface area contributed by atoms with Gasteiger partial charge >= 0.3 is 0 Å². The minimum Gasteiger partial charge on any atom is -0.480 e. The van der Waals surface area contributed by atoms with Gasteiger partial charge in [0, 0.05) is 6.54 Å².